The molecule has 3 amide bonds. The lowest BCUT2D eigenvalue weighted by Crippen LogP contribution is -2.51. The Balaban J connectivity index is 1.42. The Morgan fingerprint density at radius 3 is 2.24 bits per heavy atom. The summed E-state index contributed by atoms with van der Waals surface area (Å²) >= 11 is 0. The monoisotopic (exact) mass is 569 g/mol. The molecule has 1 N–H and O–H groups in total. The number of ether oxygens (including phenoxy) is 2. The van der Waals surface area contributed by atoms with E-state index in [0.29, 0.717) is 43.0 Å². The van der Waals surface area contributed by atoms with Gasteiger partial charge in [-0.1, -0.05) is 0 Å². The van der Waals surface area contributed by atoms with Crippen LogP contribution in [0.1, 0.15) is 47.3 Å². The topological polar surface area (TPSA) is 106 Å². The minimum absolute atomic E-state index is 0.0173. The molecule has 0 bridgehead atoms. The van der Waals surface area contributed by atoms with Crippen molar-refractivity contribution in [3.8, 4) is 17.0 Å². The van der Waals surface area contributed by atoms with Crippen LogP contribution >= 0.6 is 0 Å². The first-order valence-corrected chi connectivity index (χ1v) is 13.0. The van der Waals surface area contributed by atoms with E-state index in [4.69, 9.17) is 9.47 Å². The molecule has 0 saturated carbocycles. The molecule has 2 aromatic carbocycles. The Bertz CT molecular complexity index is 1490. The molecule has 1 aliphatic heterocycles. The minimum Gasteiger partial charge on any atom is -0.494 e. The van der Waals surface area contributed by atoms with Crippen molar-refractivity contribution in [3.05, 3.63) is 65.1 Å². The fourth-order valence-corrected chi connectivity index (χ4v) is 4.52. The first-order chi connectivity index (χ1) is 19.3. The lowest BCUT2D eigenvalue weighted by molar-refractivity contribution is 0.0140. The number of halogens is 2. The summed E-state index contributed by atoms with van der Waals surface area (Å²) in [5.74, 6) is -3.23. The van der Waals surface area contributed by atoms with Gasteiger partial charge in [-0.2, -0.15) is 4.39 Å². The summed E-state index contributed by atoms with van der Waals surface area (Å²) < 4.78 is 40.4. The van der Waals surface area contributed by atoms with Gasteiger partial charge in [-0.25, -0.2) is 14.2 Å². The molecule has 0 spiro atoms. The van der Waals surface area contributed by atoms with Crippen molar-refractivity contribution in [2.75, 3.05) is 38.6 Å². The number of amides is 3. The Labute approximate surface area is 236 Å². The molecule has 10 nitrogen and oxygen atoms in total. The number of aryl methyl sites for hydroxylation is 1. The second kappa shape index (κ2) is 11.6. The van der Waals surface area contributed by atoms with E-state index in [2.05, 4.69) is 10.3 Å². The molecule has 2 heterocycles. The Morgan fingerprint density at radius 1 is 0.976 bits per heavy atom. The van der Waals surface area contributed by atoms with Gasteiger partial charge in [0.1, 0.15) is 5.60 Å². The van der Waals surface area contributed by atoms with Crippen LogP contribution in [-0.4, -0.2) is 76.1 Å². The highest BCUT2D eigenvalue weighted by Gasteiger charge is 2.29. The fourth-order valence-electron chi connectivity index (χ4n) is 4.52. The van der Waals surface area contributed by atoms with Crippen molar-refractivity contribution in [2.24, 2.45) is 7.05 Å². The zero-order chi connectivity index (χ0) is 30.1. The summed E-state index contributed by atoms with van der Waals surface area (Å²) in [6.45, 7) is 8.66. The summed E-state index contributed by atoms with van der Waals surface area (Å²) in [6, 6.07) is 7.56. The number of rotatable bonds is 5. The molecule has 218 valence electrons. The Morgan fingerprint density at radius 2 is 1.63 bits per heavy atom. The molecule has 3 aromatic rings. The molecule has 1 aromatic heterocycles. The second-order valence-corrected chi connectivity index (χ2v) is 10.7. The number of benzene rings is 2. The standard InChI is InChI=1S/C29H33F2N5O5/c1-17-15-18(7-8-19(17)27(38)35-11-13-36(14-12-35)28(39)41-29(2,3)4)33-26(37)25-32-16-21(34(25)5)20-9-10-22(40-6)24(31)23(20)30/h7-10,15-16H,11-14H2,1-6H3,(H,33,37). The Kier molecular flexibility index (Phi) is 8.32. The predicted molar refractivity (Wildman–Crippen MR) is 148 cm³/mol. The molecule has 0 unspecified atom stereocenters. The second-order valence-electron chi connectivity index (χ2n) is 10.7. The summed E-state index contributed by atoms with van der Waals surface area (Å²) in [5.41, 5.74) is 1.11. The van der Waals surface area contributed by atoms with Crippen LogP contribution in [0.15, 0.2) is 36.5 Å². The SMILES string of the molecule is COc1ccc(-c2cnc(C(=O)Nc3ccc(C(=O)N4CCN(C(=O)OC(C)(C)C)CC4)c(C)c3)n2C)c(F)c1F. The van der Waals surface area contributed by atoms with Gasteiger partial charge in [0.25, 0.3) is 11.8 Å². The third-order valence-corrected chi connectivity index (χ3v) is 6.67. The molecular formula is C29H33F2N5O5. The number of imidazole rings is 1. The molecule has 0 aliphatic carbocycles. The first kappa shape index (κ1) is 29.5. The quantitative estimate of drug-likeness (QED) is 0.481. The van der Waals surface area contributed by atoms with Crippen LogP contribution in [0, 0.1) is 18.6 Å². The van der Waals surface area contributed by atoms with Gasteiger partial charge in [0, 0.05) is 50.0 Å². The Hall–Kier alpha value is -4.48. The largest absolute Gasteiger partial charge is 0.494 e. The van der Waals surface area contributed by atoms with Gasteiger partial charge in [-0.3, -0.25) is 9.59 Å². The number of methoxy groups -OCH3 is 1. The third-order valence-electron chi connectivity index (χ3n) is 6.67. The normalized spacial score (nSPS) is 13.7. The van der Waals surface area contributed by atoms with Crippen LogP contribution < -0.4 is 10.1 Å². The average Bonchev–Trinajstić information content (AvgIpc) is 3.30. The number of anilines is 1. The van der Waals surface area contributed by atoms with Gasteiger partial charge in [0.15, 0.2) is 17.4 Å². The number of carbonyl (C=O) groups is 3. The van der Waals surface area contributed by atoms with Gasteiger partial charge >= 0.3 is 6.09 Å². The summed E-state index contributed by atoms with van der Waals surface area (Å²) in [5, 5.41) is 2.74. The summed E-state index contributed by atoms with van der Waals surface area (Å²) in [4.78, 5) is 45.8. The lowest BCUT2D eigenvalue weighted by Gasteiger charge is -2.35. The number of carbonyl (C=O) groups excluding carboxylic acids is 3. The van der Waals surface area contributed by atoms with E-state index in [1.807, 2.05) is 0 Å². The molecular weight excluding hydrogens is 536 g/mol. The summed E-state index contributed by atoms with van der Waals surface area (Å²) in [6.07, 6.45) is 0.886. The van der Waals surface area contributed by atoms with Crippen molar-refractivity contribution in [2.45, 2.75) is 33.3 Å². The van der Waals surface area contributed by atoms with E-state index in [-0.39, 0.29) is 28.7 Å². The van der Waals surface area contributed by atoms with Crippen LogP contribution in [0.3, 0.4) is 0 Å². The average molecular weight is 570 g/mol. The maximum absolute atomic E-state index is 14.6. The molecule has 0 radical (unpaired) electrons. The van der Waals surface area contributed by atoms with Gasteiger partial charge in [0.05, 0.1) is 19.0 Å². The van der Waals surface area contributed by atoms with Crippen LogP contribution in [-0.2, 0) is 11.8 Å². The fraction of sp³-hybridized carbons (Fsp3) is 0.379. The number of hydrogen-bond donors (Lipinski definition) is 1. The molecule has 4 rings (SSSR count). The van der Waals surface area contributed by atoms with E-state index < -0.39 is 29.2 Å². The zero-order valence-corrected chi connectivity index (χ0v) is 23.9. The number of nitrogens with zero attached hydrogens (tertiary/aromatic N) is 4. The van der Waals surface area contributed by atoms with E-state index in [9.17, 15) is 23.2 Å². The zero-order valence-electron chi connectivity index (χ0n) is 23.9. The highest BCUT2D eigenvalue weighted by molar-refractivity contribution is 6.03. The number of aromatic nitrogens is 2. The third kappa shape index (κ3) is 6.31. The van der Waals surface area contributed by atoms with Gasteiger partial charge in [-0.15, -0.1) is 0 Å². The predicted octanol–water partition coefficient (Wildman–Crippen LogP) is 4.63. The molecule has 41 heavy (non-hydrogen) atoms. The van der Waals surface area contributed by atoms with Crippen LogP contribution in [0.25, 0.3) is 11.3 Å². The molecule has 0 atom stereocenters. The minimum atomic E-state index is -1.13. The van der Waals surface area contributed by atoms with Crippen molar-refractivity contribution in [1.82, 2.24) is 19.4 Å². The number of nitrogens with one attached hydrogen (secondary N) is 1. The maximum atomic E-state index is 14.6. The highest BCUT2D eigenvalue weighted by Crippen LogP contribution is 2.30. The summed E-state index contributed by atoms with van der Waals surface area (Å²) in [7, 11) is 2.76. The van der Waals surface area contributed by atoms with Crippen molar-refractivity contribution in [3.63, 3.8) is 0 Å². The van der Waals surface area contributed by atoms with Gasteiger partial charge in [0.2, 0.25) is 5.82 Å². The smallest absolute Gasteiger partial charge is 0.410 e. The van der Waals surface area contributed by atoms with Gasteiger partial charge in [-0.05, 0) is 63.6 Å². The van der Waals surface area contributed by atoms with E-state index in [0.717, 1.165) is 0 Å². The van der Waals surface area contributed by atoms with Crippen LogP contribution in [0.2, 0.25) is 0 Å². The van der Waals surface area contributed by atoms with Crippen LogP contribution in [0.5, 0.6) is 5.75 Å². The van der Waals surface area contributed by atoms with Crippen molar-refractivity contribution < 1.29 is 32.6 Å². The maximum Gasteiger partial charge on any atom is 0.410 e. The van der Waals surface area contributed by atoms with E-state index in [1.165, 1.54) is 37.1 Å². The number of hydrogen-bond acceptors (Lipinski definition) is 6. The molecule has 1 fully saturated rings. The van der Waals surface area contributed by atoms with Crippen LogP contribution in [0.4, 0.5) is 19.3 Å². The first-order valence-electron chi connectivity index (χ1n) is 13.0. The van der Waals surface area contributed by atoms with E-state index in [1.54, 1.807) is 55.7 Å². The molecule has 1 aliphatic rings. The van der Waals surface area contributed by atoms with Gasteiger partial charge < -0.3 is 29.2 Å². The molecule has 1 saturated heterocycles. The number of piperazine rings is 1. The molecule has 12 heteroatoms. The lowest BCUT2D eigenvalue weighted by atomic mass is 10.1. The highest BCUT2D eigenvalue weighted by atomic mass is 19.2. The van der Waals surface area contributed by atoms with Crippen molar-refractivity contribution >= 4 is 23.6 Å². The van der Waals surface area contributed by atoms with E-state index >= 15 is 0 Å². The van der Waals surface area contributed by atoms with Crippen molar-refractivity contribution in [1.29, 1.82) is 0 Å².